The number of halogens is 3. The maximum absolute atomic E-state index is 13.1. The second kappa shape index (κ2) is 8.78. The zero-order chi connectivity index (χ0) is 23.8. The molecule has 6 N–H and O–H groups in total. The summed E-state index contributed by atoms with van der Waals surface area (Å²) in [6, 6.07) is 8.37. The number of pyridine rings is 1. The van der Waals surface area contributed by atoms with Crippen molar-refractivity contribution in [2.75, 3.05) is 0 Å². The molecule has 0 aliphatic heterocycles. The quantitative estimate of drug-likeness (QED) is 0.328. The van der Waals surface area contributed by atoms with E-state index in [0.29, 0.717) is 23.9 Å². The van der Waals surface area contributed by atoms with Crippen LogP contribution in [-0.4, -0.2) is 25.8 Å². The molecule has 2 unspecified atom stereocenters. The number of imidazole rings is 1. The van der Waals surface area contributed by atoms with Gasteiger partial charge in [0.05, 0.1) is 17.7 Å². The third-order valence-corrected chi connectivity index (χ3v) is 6.11. The highest BCUT2D eigenvalue weighted by atomic mass is 19.4. The maximum atomic E-state index is 13.1. The predicted octanol–water partition coefficient (Wildman–Crippen LogP) is 3.98. The zero-order valence-electron chi connectivity index (χ0n) is 18.0. The summed E-state index contributed by atoms with van der Waals surface area (Å²) in [6.07, 6.45) is 2.14. The minimum absolute atomic E-state index is 0.134. The summed E-state index contributed by atoms with van der Waals surface area (Å²) < 4.78 is 41.3. The third kappa shape index (κ3) is 4.51. The predicted molar refractivity (Wildman–Crippen MR) is 118 cm³/mol. The number of allylic oxidation sites excluding steroid dienone is 1. The van der Waals surface area contributed by atoms with Gasteiger partial charge in [0.2, 0.25) is 0 Å². The van der Waals surface area contributed by atoms with Crippen LogP contribution < -0.4 is 17.0 Å². The van der Waals surface area contributed by atoms with E-state index >= 15 is 0 Å². The topological polar surface area (TPSA) is 115 Å². The SMILES string of the molecule is CCC1CC(Cn2cnc(-c3cc(/C(N)=C(/NN)C(F)(F)F)ccn3)c2)c2ccc(O)cc21. The van der Waals surface area contributed by atoms with E-state index in [4.69, 9.17) is 11.6 Å². The van der Waals surface area contributed by atoms with E-state index in [2.05, 4.69) is 16.9 Å². The standard InChI is InChI=1S/C23H25F3N6O/c1-2-13-7-15(17-4-3-16(33)9-18(13)17)10-32-11-20(30-12-32)19-8-14(5-6-29-19)21(27)22(31-28)23(24,25)26/h3-6,8-9,11-13,15,31,33H,2,7,10,27-28H2,1H3/b22-21-. The van der Waals surface area contributed by atoms with Gasteiger partial charge in [-0.3, -0.25) is 10.8 Å². The van der Waals surface area contributed by atoms with Crippen molar-refractivity contribution in [3.8, 4) is 17.1 Å². The number of hydrogen-bond acceptors (Lipinski definition) is 6. The fraction of sp³-hybridized carbons (Fsp3) is 0.304. The summed E-state index contributed by atoms with van der Waals surface area (Å²) in [5, 5.41) is 9.86. The first-order valence-corrected chi connectivity index (χ1v) is 10.6. The van der Waals surface area contributed by atoms with E-state index in [-0.39, 0.29) is 17.2 Å². The summed E-state index contributed by atoms with van der Waals surface area (Å²) in [5.74, 6) is 5.98. The van der Waals surface area contributed by atoms with Crippen LogP contribution in [0, 0.1) is 0 Å². The molecule has 3 aromatic rings. The number of nitrogens with two attached hydrogens (primary N) is 2. The van der Waals surface area contributed by atoms with Crippen LogP contribution in [0.5, 0.6) is 5.75 Å². The summed E-state index contributed by atoms with van der Waals surface area (Å²) >= 11 is 0. The van der Waals surface area contributed by atoms with Crippen LogP contribution in [0.2, 0.25) is 0 Å². The average Bonchev–Trinajstić information content (AvgIpc) is 3.38. The number of alkyl halides is 3. The van der Waals surface area contributed by atoms with E-state index in [9.17, 15) is 18.3 Å². The average molecular weight is 458 g/mol. The molecule has 1 aliphatic carbocycles. The molecular formula is C23H25F3N6O. The number of aromatic hydroxyl groups is 1. The van der Waals surface area contributed by atoms with E-state index in [1.807, 2.05) is 22.9 Å². The van der Waals surface area contributed by atoms with Crippen molar-refractivity contribution in [2.24, 2.45) is 11.6 Å². The molecule has 7 nitrogen and oxygen atoms in total. The second-order valence-electron chi connectivity index (χ2n) is 8.17. The van der Waals surface area contributed by atoms with Crippen LogP contribution in [0.15, 0.2) is 54.7 Å². The number of benzene rings is 1. The minimum atomic E-state index is -4.71. The van der Waals surface area contributed by atoms with Gasteiger partial charge in [-0.25, -0.2) is 4.98 Å². The molecule has 0 bridgehead atoms. The van der Waals surface area contributed by atoms with Gasteiger partial charge < -0.3 is 20.8 Å². The molecule has 33 heavy (non-hydrogen) atoms. The molecular weight excluding hydrogens is 433 g/mol. The Hall–Kier alpha value is -3.53. The number of aromatic nitrogens is 3. The molecule has 2 aromatic heterocycles. The Balaban J connectivity index is 1.58. The Bertz CT molecular complexity index is 1190. The summed E-state index contributed by atoms with van der Waals surface area (Å²) in [4.78, 5) is 8.63. The highest BCUT2D eigenvalue weighted by Crippen LogP contribution is 2.45. The van der Waals surface area contributed by atoms with E-state index < -0.39 is 17.6 Å². The van der Waals surface area contributed by atoms with Gasteiger partial charge in [0.1, 0.15) is 11.4 Å². The minimum Gasteiger partial charge on any atom is -0.508 e. The highest BCUT2D eigenvalue weighted by molar-refractivity contribution is 5.69. The van der Waals surface area contributed by atoms with Gasteiger partial charge in [-0.05, 0) is 54.2 Å². The normalized spacial score (nSPS) is 18.7. The van der Waals surface area contributed by atoms with Crippen molar-refractivity contribution < 1.29 is 18.3 Å². The Morgan fingerprint density at radius 2 is 1.94 bits per heavy atom. The lowest BCUT2D eigenvalue weighted by molar-refractivity contribution is -0.0961. The molecule has 1 aliphatic rings. The zero-order valence-corrected chi connectivity index (χ0v) is 18.0. The molecule has 0 spiro atoms. The monoisotopic (exact) mass is 458 g/mol. The van der Waals surface area contributed by atoms with Crippen molar-refractivity contribution in [3.63, 3.8) is 0 Å². The van der Waals surface area contributed by atoms with Gasteiger partial charge in [0.25, 0.3) is 0 Å². The van der Waals surface area contributed by atoms with Crippen LogP contribution in [0.25, 0.3) is 17.1 Å². The Labute approximate surface area is 188 Å². The molecule has 2 atom stereocenters. The number of hydrogen-bond donors (Lipinski definition) is 4. The molecule has 0 saturated carbocycles. The summed E-state index contributed by atoms with van der Waals surface area (Å²) in [6.45, 7) is 2.83. The third-order valence-electron chi connectivity index (χ3n) is 6.11. The molecule has 10 heteroatoms. The van der Waals surface area contributed by atoms with Gasteiger partial charge in [-0.15, -0.1) is 0 Å². The van der Waals surface area contributed by atoms with Gasteiger partial charge in [0, 0.05) is 30.4 Å². The van der Waals surface area contributed by atoms with Crippen LogP contribution in [0.1, 0.15) is 48.3 Å². The molecule has 174 valence electrons. The largest absolute Gasteiger partial charge is 0.508 e. The van der Waals surface area contributed by atoms with E-state index in [1.165, 1.54) is 29.5 Å². The van der Waals surface area contributed by atoms with Crippen molar-refractivity contribution in [2.45, 2.75) is 44.3 Å². The van der Waals surface area contributed by atoms with Crippen molar-refractivity contribution in [3.05, 3.63) is 71.4 Å². The first kappa shape index (κ1) is 22.7. The molecule has 2 heterocycles. The fourth-order valence-electron chi connectivity index (χ4n) is 4.49. The van der Waals surface area contributed by atoms with Gasteiger partial charge in [-0.1, -0.05) is 13.0 Å². The number of nitrogens with one attached hydrogen (secondary N) is 1. The highest BCUT2D eigenvalue weighted by Gasteiger charge is 2.36. The van der Waals surface area contributed by atoms with Gasteiger partial charge >= 0.3 is 6.18 Å². The molecule has 0 saturated heterocycles. The lowest BCUT2D eigenvalue weighted by Crippen LogP contribution is -2.34. The molecule has 0 fully saturated rings. The van der Waals surface area contributed by atoms with Gasteiger partial charge in [-0.2, -0.15) is 13.2 Å². The maximum Gasteiger partial charge on any atom is 0.434 e. The smallest absolute Gasteiger partial charge is 0.434 e. The van der Waals surface area contributed by atoms with Gasteiger partial charge in [0.15, 0.2) is 5.70 Å². The Morgan fingerprint density at radius 3 is 2.64 bits per heavy atom. The number of nitrogens with zero attached hydrogens (tertiary/aromatic N) is 3. The first-order valence-electron chi connectivity index (χ1n) is 10.6. The van der Waals surface area contributed by atoms with Crippen LogP contribution in [0.3, 0.4) is 0 Å². The Morgan fingerprint density at radius 1 is 1.15 bits per heavy atom. The fourth-order valence-corrected chi connectivity index (χ4v) is 4.49. The van der Waals surface area contributed by atoms with Crippen molar-refractivity contribution in [1.29, 1.82) is 0 Å². The van der Waals surface area contributed by atoms with Crippen LogP contribution >= 0.6 is 0 Å². The molecule has 1 aromatic carbocycles. The van der Waals surface area contributed by atoms with Crippen LogP contribution in [-0.2, 0) is 6.54 Å². The van der Waals surface area contributed by atoms with Crippen molar-refractivity contribution >= 4 is 5.70 Å². The van der Waals surface area contributed by atoms with E-state index in [0.717, 1.165) is 12.8 Å². The summed E-state index contributed by atoms with van der Waals surface area (Å²) in [7, 11) is 0. The number of fused-ring (bicyclic) bond motifs is 1. The second-order valence-corrected chi connectivity index (χ2v) is 8.17. The number of hydrazine groups is 1. The van der Waals surface area contributed by atoms with Crippen LogP contribution in [0.4, 0.5) is 13.2 Å². The molecule has 0 radical (unpaired) electrons. The number of phenols is 1. The molecule has 0 amide bonds. The first-order chi connectivity index (χ1) is 15.7. The number of phenolic OH excluding ortho intramolecular Hbond substituents is 1. The Kier molecular flexibility index (Phi) is 6.03. The lowest BCUT2D eigenvalue weighted by atomic mass is 9.98. The number of rotatable bonds is 6. The van der Waals surface area contributed by atoms with E-state index in [1.54, 1.807) is 17.8 Å². The van der Waals surface area contributed by atoms with Crippen molar-refractivity contribution in [1.82, 2.24) is 20.0 Å². The molecule has 4 rings (SSSR count). The lowest BCUT2D eigenvalue weighted by Gasteiger charge is -2.14. The summed E-state index contributed by atoms with van der Waals surface area (Å²) in [5.41, 5.74) is 9.09.